The van der Waals surface area contributed by atoms with Crippen LogP contribution in [0.5, 0.6) is 0 Å². The van der Waals surface area contributed by atoms with Gasteiger partial charge >= 0.3 is 12.3 Å². The summed E-state index contributed by atoms with van der Waals surface area (Å²) in [6.45, 7) is 21.6. The number of alkyl halides is 3. The highest BCUT2D eigenvalue weighted by molar-refractivity contribution is 6.03. The van der Waals surface area contributed by atoms with Crippen LogP contribution in [-0.2, 0) is 4.74 Å². The number of nitrogens with zero attached hydrogens (tertiary/aromatic N) is 3. The zero-order chi connectivity index (χ0) is 33.2. The summed E-state index contributed by atoms with van der Waals surface area (Å²) in [7, 11) is 0. The van der Waals surface area contributed by atoms with E-state index in [0.29, 0.717) is 31.0 Å². The molecule has 1 heterocycles. The molecule has 0 aromatic rings. The minimum Gasteiger partial charge on any atom is -0.444 e. The fourth-order valence-electron chi connectivity index (χ4n) is 4.42. The van der Waals surface area contributed by atoms with Crippen molar-refractivity contribution in [1.29, 1.82) is 0 Å². The first-order chi connectivity index (χ1) is 20.0. The molecule has 1 atom stereocenters. The molecule has 1 saturated heterocycles. The van der Waals surface area contributed by atoms with Gasteiger partial charge in [-0.1, -0.05) is 75.3 Å². The molecule has 0 spiro atoms. The van der Waals surface area contributed by atoms with Gasteiger partial charge in [-0.3, -0.25) is 4.99 Å². The van der Waals surface area contributed by atoms with Crippen molar-refractivity contribution in [2.75, 3.05) is 19.6 Å². The van der Waals surface area contributed by atoms with Gasteiger partial charge < -0.3 is 14.5 Å². The topological polar surface area (TPSA) is 45.1 Å². The first-order valence-corrected chi connectivity index (χ1v) is 15.4. The van der Waals surface area contributed by atoms with Crippen molar-refractivity contribution in [3.8, 4) is 0 Å². The molecule has 0 aromatic carbocycles. The van der Waals surface area contributed by atoms with Gasteiger partial charge in [0.1, 0.15) is 5.60 Å². The van der Waals surface area contributed by atoms with E-state index in [-0.39, 0.29) is 11.6 Å². The molecule has 0 saturated carbocycles. The predicted molar refractivity (Wildman–Crippen MR) is 176 cm³/mol. The Kier molecular flexibility index (Phi) is 18.6. The molecule has 8 heteroatoms. The summed E-state index contributed by atoms with van der Waals surface area (Å²) >= 11 is 0. The van der Waals surface area contributed by atoms with Gasteiger partial charge in [-0.2, -0.15) is 13.2 Å². The summed E-state index contributed by atoms with van der Waals surface area (Å²) in [6.07, 6.45) is 14.4. The van der Waals surface area contributed by atoms with Crippen LogP contribution in [0.15, 0.2) is 76.1 Å². The average molecular weight is 608 g/mol. The Bertz CT molecular complexity index is 1070. The predicted octanol–water partition coefficient (Wildman–Crippen LogP) is 10.3. The first-order valence-electron chi connectivity index (χ1n) is 15.4. The van der Waals surface area contributed by atoms with E-state index in [0.717, 1.165) is 18.9 Å². The molecule has 5 nitrogen and oxygen atoms in total. The van der Waals surface area contributed by atoms with Crippen molar-refractivity contribution in [3.05, 3.63) is 71.1 Å². The Balaban J connectivity index is 0.00000123. The lowest BCUT2D eigenvalue weighted by molar-refractivity contribution is -0.0891. The third-order valence-electron chi connectivity index (χ3n) is 6.55. The molecule has 1 amide bonds. The van der Waals surface area contributed by atoms with Gasteiger partial charge in [-0.05, 0) is 74.7 Å². The number of hydrogen-bond donors (Lipinski definition) is 0. The van der Waals surface area contributed by atoms with Crippen LogP contribution in [0.3, 0.4) is 0 Å². The normalized spacial score (nSPS) is 18.4. The molecule has 1 fully saturated rings. The molecular formula is C35H56F3N3O2. The minimum absolute atomic E-state index is 0.0775. The first kappa shape index (κ1) is 40.0. The molecule has 1 unspecified atom stereocenters. The number of ether oxygens (including phenoxy) is 1. The summed E-state index contributed by atoms with van der Waals surface area (Å²) in [4.78, 5) is 20.2. The minimum atomic E-state index is -4.50. The van der Waals surface area contributed by atoms with E-state index in [1.54, 1.807) is 45.6 Å². The molecule has 0 N–H and O–H groups in total. The summed E-state index contributed by atoms with van der Waals surface area (Å²) in [6, 6.07) is -0.211. The van der Waals surface area contributed by atoms with Gasteiger partial charge in [0.05, 0.1) is 5.57 Å². The number of aliphatic imine (C=N–C) groups is 1. The van der Waals surface area contributed by atoms with Gasteiger partial charge in [0.2, 0.25) is 0 Å². The second kappa shape index (κ2) is 20.0. The van der Waals surface area contributed by atoms with Crippen molar-refractivity contribution in [1.82, 2.24) is 9.80 Å². The zero-order valence-electron chi connectivity index (χ0n) is 28.4. The molecule has 0 bridgehead atoms. The number of rotatable bonds is 10. The lowest BCUT2D eigenvalue weighted by Crippen LogP contribution is -2.54. The molecule has 1 aliphatic rings. The van der Waals surface area contributed by atoms with E-state index in [1.807, 2.05) is 18.7 Å². The van der Waals surface area contributed by atoms with Crippen LogP contribution >= 0.6 is 0 Å². The monoisotopic (exact) mass is 607 g/mol. The highest BCUT2D eigenvalue weighted by Gasteiger charge is 2.38. The van der Waals surface area contributed by atoms with Crippen LogP contribution in [0.25, 0.3) is 0 Å². The van der Waals surface area contributed by atoms with E-state index in [1.165, 1.54) is 31.5 Å². The second-order valence-electron chi connectivity index (χ2n) is 11.6. The molecule has 0 radical (unpaired) electrons. The van der Waals surface area contributed by atoms with Crippen LogP contribution in [0.1, 0.15) is 102 Å². The van der Waals surface area contributed by atoms with Crippen LogP contribution in [0.4, 0.5) is 18.0 Å². The van der Waals surface area contributed by atoms with E-state index < -0.39 is 23.4 Å². The molecular weight excluding hydrogens is 551 g/mol. The quantitative estimate of drug-likeness (QED) is 0.183. The lowest BCUT2D eigenvalue weighted by atomic mass is 9.97. The fraction of sp³-hybridized carbons (Fsp3) is 0.600. The zero-order valence-corrected chi connectivity index (χ0v) is 28.4. The number of hydrogen-bond acceptors (Lipinski definition) is 4. The lowest BCUT2D eigenvalue weighted by Gasteiger charge is -2.42. The van der Waals surface area contributed by atoms with E-state index in [9.17, 15) is 18.0 Å². The molecule has 1 aliphatic heterocycles. The van der Waals surface area contributed by atoms with Gasteiger partial charge in [0.25, 0.3) is 0 Å². The largest absolute Gasteiger partial charge is 0.444 e. The van der Waals surface area contributed by atoms with Crippen LogP contribution in [0.2, 0.25) is 0 Å². The number of allylic oxidation sites excluding steroid dienone is 11. The Labute approximate surface area is 259 Å². The maximum atomic E-state index is 13.8. The maximum Gasteiger partial charge on any atom is 0.416 e. The summed E-state index contributed by atoms with van der Waals surface area (Å²) in [5.41, 5.74) is 1.01. The summed E-state index contributed by atoms with van der Waals surface area (Å²) < 4.78 is 46.8. The van der Waals surface area contributed by atoms with E-state index in [4.69, 9.17) is 4.74 Å². The third-order valence-corrected chi connectivity index (χ3v) is 6.55. The Hall–Kier alpha value is -3.03. The number of carbonyl (C=O) groups is 1. The molecule has 244 valence electrons. The SMILES string of the molecule is CC/C=C/C=C\C=C(/C)CCC.C\C=C(C(/C(C)=N/C=C/CC)=C(/C)N1CCN(C(=O)OC(C)(C)C)C(C)C1)\C(F)(F)F. The van der Waals surface area contributed by atoms with Gasteiger partial charge in [0, 0.05) is 48.9 Å². The van der Waals surface area contributed by atoms with Gasteiger partial charge in [-0.25, -0.2) is 4.79 Å². The van der Waals surface area contributed by atoms with Crippen LogP contribution in [0, 0.1) is 0 Å². The van der Waals surface area contributed by atoms with Crippen molar-refractivity contribution in [3.63, 3.8) is 0 Å². The Morgan fingerprint density at radius 3 is 2.09 bits per heavy atom. The van der Waals surface area contributed by atoms with Crippen molar-refractivity contribution in [2.45, 2.75) is 120 Å². The highest BCUT2D eigenvalue weighted by Crippen LogP contribution is 2.35. The van der Waals surface area contributed by atoms with Crippen LogP contribution < -0.4 is 0 Å². The van der Waals surface area contributed by atoms with Crippen LogP contribution in [-0.4, -0.2) is 59.1 Å². The van der Waals surface area contributed by atoms with Crippen molar-refractivity contribution in [2.24, 2.45) is 4.99 Å². The number of piperazine rings is 1. The molecule has 43 heavy (non-hydrogen) atoms. The van der Waals surface area contributed by atoms with Gasteiger partial charge in [-0.15, -0.1) is 0 Å². The maximum absolute atomic E-state index is 13.8. The standard InChI is InChI=1S/C23H36F3N3O2.C12H20/c1-9-11-12-27-17(4)20(19(10-2)23(24,25)26)18(5)28-13-14-29(16(3)15-28)21(30)31-22(6,7)8;1-4-6-7-8-9-11-12(3)10-5-2/h10-12,16H,9,13-15H2,1-8H3;6-9,11H,4-5,10H2,1-3H3/b12-11+,19-10+,20-18-,27-17+;7-6+,9-8-,12-11+. The summed E-state index contributed by atoms with van der Waals surface area (Å²) in [5, 5.41) is 0. The van der Waals surface area contributed by atoms with Crippen molar-refractivity contribution >= 4 is 11.8 Å². The number of amides is 1. The molecule has 1 rings (SSSR count). The second-order valence-corrected chi connectivity index (χ2v) is 11.6. The van der Waals surface area contributed by atoms with E-state index in [2.05, 4.69) is 56.1 Å². The average Bonchev–Trinajstić information content (AvgIpc) is 2.90. The smallest absolute Gasteiger partial charge is 0.416 e. The number of halogens is 3. The Morgan fingerprint density at radius 1 is 0.977 bits per heavy atom. The number of carbonyl (C=O) groups excluding carboxylic acids is 1. The fourth-order valence-corrected chi connectivity index (χ4v) is 4.42. The van der Waals surface area contributed by atoms with E-state index >= 15 is 0 Å². The molecule has 0 aromatic heterocycles. The van der Waals surface area contributed by atoms with Gasteiger partial charge in [0.15, 0.2) is 0 Å². The van der Waals surface area contributed by atoms with Crippen molar-refractivity contribution < 1.29 is 22.7 Å². The molecule has 0 aliphatic carbocycles. The third kappa shape index (κ3) is 15.8. The highest BCUT2D eigenvalue weighted by atomic mass is 19.4. The Morgan fingerprint density at radius 2 is 1.60 bits per heavy atom. The summed E-state index contributed by atoms with van der Waals surface area (Å²) in [5.74, 6) is 0.